The molecule has 1 rings (SSSR count). The van der Waals surface area contributed by atoms with Gasteiger partial charge in [0.2, 0.25) is 0 Å². The third kappa shape index (κ3) is 3.97. The van der Waals surface area contributed by atoms with Crippen LogP contribution in [0.4, 0.5) is 0 Å². The Hall–Kier alpha value is -0.760. The normalized spacial score (nSPS) is 14.3. The zero-order chi connectivity index (χ0) is 10.6. The lowest BCUT2D eigenvalue weighted by molar-refractivity contribution is -0.873. The van der Waals surface area contributed by atoms with Crippen molar-refractivity contribution in [1.82, 2.24) is 0 Å². The zero-order valence-electron chi connectivity index (χ0n) is 9.79. The number of rotatable bonds is 5. The fraction of sp³-hybridized carbons (Fsp3) is 0.667. The Labute approximate surface area is 87.1 Å². The minimum atomic E-state index is 0.723. The monoisotopic (exact) mass is 196 g/mol. The highest BCUT2D eigenvalue weighted by atomic mass is 16.3. The Balaban J connectivity index is 2.47. The highest BCUT2D eigenvalue weighted by Crippen LogP contribution is 2.15. The van der Waals surface area contributed by atoms with E-state index in [1.165, 1.54) is 13.0 Å². The van der Waals surface area contributed by atoms with Crippen LogP contribution in [-0.2, 0) is 6.42 Å². The van der Waals surface area contributed by atoms with Gasteiger partial charge in [0.1, 0.15) is 5.76 Å². The maximum atomic E-state index is 5.37. The van der Waals surface area contributed by atoms with Crippen molar-refractivity contribution in [1.29, 1.82) is 0 Å². The molecule has 0 saturated heterocycles. The third-order valence-corrected chi connectivity index (χ3v) is 2.45. The first kappa shape index (κ1) is 11.3. The molecule has 80 valence electrons. The molecule has 0 aliphatic rings. The molecule has 0 amide bonds. The van der Waals surface area contributed by atoms with Gasteiger partial charge in [0, 0.05) is 12.3 Å². The van der Waals surface area contributed by atoms with Crippen molar-refractivity contribution in [3.63, 3.8) is 0 Å². The van der Waals surface area contributed by atoms with Crippen LogP contribution < -0.4 is 0 Å². The van der Waals surface area contributed by atoms with E-state index in [1.54, 1.807) is 6.26 Å². The molecule has 1 aromatic rings. The van der Waals surface area contributed by atoms with Gasteiger partial charge in [-0.3, -0.25) is 0 Å². The third-order valence-electron chi connectivity index (χ3n) is 2.45. The van der Waals surface area contributed by atoms with Gasteiger partial charge >= 0.3 is 0 Å². The van der Waals surface area contributed by atoms with Crippen LogP contribution in [0.2, 0.25) is 0 Å². The Morgan fingerprint density at radius 2 is 2.07 bits per heavy atom. The molecule has 0 spiro atoms. The van der Waals surface area contributed by atoms with Gasteiger partial charge in [-0.05, 0) is 18.6 Å². The fourth-order valence-electron chi connectivity index (χ4n) is 1.83. The summed E-state index contributed by atoms with van der Waals surface area (Å²) in [5.41, 5.74) is 0. The number of hydrogen-bond acceptors (Lipinski definition) is 1. The summed E-state index contributed by atoms with van der Waals surface area (Å²) in [5, 5.41) is 0. The summed E-state index contributed by atoms with van der Waals surface area (Å²) >= 11 is 0. The minimum Gasteiger partial charge on any atom is -0.469 e. The van der Waals surface area contributed by atoms with Crippen LogP contribution in [0.5, 0.6) is 0 Å². The van der Waals surface area contributed by atoms with Crippen molar-refractivity contribution in [2.75, 3.05) is 27.7 Å². The summed E-state index contributed by atoms with van der Waals surface area (Å²) in [7, 11) is 6.72. The summed E-state index contributed by atoms with van der Waals surface area (Å²) in [4.78, 5) is 0. The second kappa shape index (κ2) is 4.65. The molecule has 2 nitrogen and oxygen atoms in total. The molecule has 0 saturated carbocycles. The van der Waals surface area contributed by atoms with Gasteiger partial charge in [-0.25, -0.2) is 0 Å². The zero-order valence-corrected chi connectivity index (χ0v) is 9.79. The van der Waals surface area contributed by atoms with Crippen LogP contribution in [0.15, 0.2) is 22.8 Å². The highest BCUT2D eigenvalue weighted by molar-refractivity contribution is 4.99. The fourth-order valence-corrected chi connectivity index (χ4v) is 1.83. The maximum Gasteiger partial charge on any atom is 0.104 e. The molecule has 0 aliphatic heterocycles. The van der Waals surface area contributed by atoms with Gasteiger partial charge in [0.15, 0.2) is 0 Å². The molecule has 1 unspecified atom stereocenters. The van der Waals surface area contributed by atoms with E-state index < -0.39 is 0 Å². The first-order chi connectivity index (χ1) is 6.51. The number of quaternary nitrogens is 1. The van der Waals surface area contributed by atoms with E-state index in [9.17, 15) is 0 Å². The molecule has 0 fully saturated rings. The van der Waals surface area contributed by atoms with Gasteiger partial charge in [0.25, 0.3) is 0 Å². The molecular formula is C12H22NO+. The molecule has 0 aromatic carbocycles. The second-order valence-electron chi connectivity index (χ2n) is 5.03. The topological polar surface area (TPSA) is 13.1 Å². The molecule has 0 bridgehead atoms. The Bertz CT molecular complexity index is 246. The molecule has 0 aliphatic carbocycles. The molecule has 0 radical (unpaired) electrons. The quantitative estimate of drug-likeness (QED) is 0.660. The smallest absolute Gasteiger partial charge is 0.104 e. The predicted molar refractivity (Wildman–Crippen MR) is 59.1 cm³/mol. The van der Waals surface area contributed by atoms with Gasteiger partial charge < -0.3 is 8.90 Å². The Morgan fingerprint density at radius 3 is 2.50 bits per heavy atom. The van der Waals surface area contributed by atoms with E-state index in [-0.39, 0.29) is 0 Å². The summed E-state index contributed by atoms with van der Waals surface area (Å²) in [5.74, 6) is 1.84. The van der Waals surface area contributed by atoms with E-state index >= 15 is 0 Å². The minimum absolute atomic E-state index is 0.723. The lowest BCUT2D eigenvalue weighted by Crippen LogP contribution is -2.39. The van der Waals surface area contributed by atoms with Crippen molar-refractivity contribution < 1.29 is 8.90 Å². The molecule has 0 N–H and O–H groups in total. The maximum absolute atomic E-state index is 5.37. The first-order valence-electron chi connectivity index (χ1n) is 5.34. The predicted octanol–water partition coefficient (Wildman–Crippen LogP) is 2.55. The van der Waals surface area contributed by atoms with Crippen LogP contribution in [0.3, 0.4) is 0 Å². The second-order valence-corrected chi connectivity index (χ2v) is 5.03. The van der Waals surface area contributed by atoms with Gasteiger partial charge in [-0.2, -0.15) is 0 Å². The Morgan fingerprint density at radius 1 is 1.36 bits per heavy atom. The van der Waals surface area contributed by atoms with Crippen molar-refractivity contribution in [3.8, 4) is 0 Å². The van der Waals surface area contributed by atoms with Crippen LogP contribution in [0.1, 0.15) is 19.1 Å². The largest absolute Gasteiger partial charge is 0.469 e. The number of hydrogen-bond donors (Lipinski definition) is 0. The summed E-state index contributed by atoms with van der Waals surface area (Å²) in [6.07, 6.45) is 4.04. The average Bonchev–Trinajstić information content (AvgIpc) is 2.53. The summed E-state index contributed by atoms with van der Waals surface area (Å²) in [6, 6.07) is 4.03. The SMILES string of the molecule is CCC(Cc1ccco1)C[N+](C)(C)C. The highest BCUT2D eigenvalue weighted by Gasteiger charge is 2.17. The lowest BCUT2D eigenvalue weighted by atomic mass is 10.00. The summed E-state index contributed by atoms with van der Waals surface area (Å²) < 4.78 is 6.40. The average molecular weight is 196 g/mol. The van der Waals surface area contributed by atoms with E-state index in [1.807, 2.05) is 6.07 Å². The molecule has 1 atom stereocenters. The standard InChI is InChI=1S/C12H22NO/c1-5-11(10-13(2,3)4)9-12-7-6-8-14-12/h6-8,11H,5,9-10H2,1-4H3/q+1. The first-order valence-corrected chi connectivity index (χ1v) is 5.34. The summed E-state index contributed by atoms with van der Waals surface area (Å²) in [6.45, 7) is 3.46. The van der Waals surface area contributed by atoms with Crippen molar-refractivity contribution >= 4 is 0 Å². The van der Waals surface area contributed by atoms with Gasteiger partial charge in [0.05, 0.1) is 34.0 Å². The van der Waals surface area contributed by atoms with E-state index in [2.05, 4.69) is 34.1 Å². The van der Waals surface area contributed by atoms with E-state index in [0.717, 1.165) is 22.6 Å². The molecule has 2 heteroatoms. The molecule has 14 heavy (non-hydrogen) atoms. The Kier molecular flexibility index (Phi) is 3.76. The van der Waals surface area contributed by atoms with Crippen molar-refractivity contribution in [2.24, 2.45) is 5.92 Å². The van der Waals surface area contributed by atoms with E-state index in [4.69, 9.17) is 4.42 Å². The van der Waals surface area contributed by atoms with Crippen LogP contribution in [-0.4, -0.2) is 32.2 Å². The van der Waals surface area contributed by atoms with Crippen LogP contribution >= 0.6 is 0 Å². The van der Waals surface area contributed by atoms with Crippen LogP contribution in [0.25, 0.3) is 0 Å². The van der Waals surface area contributed by atoms with Gasteiger partial charge in [-0.1, -0.05) is 6.92 Å². The van der Waals surface area contributed by atoms with Crippen LogP contribution in [0, 0.1) is 5.92 Å². The van der Waals surface area contributed by atoms with Crippen molar-refractivity contribution in [2.45, 2.75) is 19.8 Å². The molecule has 1 heterocycles. The molecule has 1 aromatic heterocycles. The molecular weight excluding hydrogens is 174 g/mol. The van der Waals surface area contributed by atoms with E-state index in [0.29, 0.717) is 0 Å². The van der Waals surface area contributed by atoms with Gasteiger partial charge in [-0.15, -0.1) is 0 Å². The van der Waals surface area contributed by atoms with Crippen molar-refractivity contribution in [3.05, 3.63) is 24.2 Å². The lowest BCUT2D eigenvalue weighted by Gasteiger charge is -2.28. The number of nitrogens with zero attached hydrogens (tertiary/aromatic N) is 1. The number of furan rings is 1.